The molecule has 0 saturated heterocycles. The van der Waals surface area contributed by atoms with Gasteiger partial charge in [0.2, 0.25) is 5.91 Å². The van der Waals surface area contributed by atoms with Crippen LogP contribution in [-0.2, 0) is 11.2 Å². The van der Waals surface area contributed by atoms with Crippen molar-refractivity contribution in [2.45, 2.75) is 13.3 Å². The number of amides is 1. The van der Waals surface area contributed by atoms with Gasteiger partial charge in [0.05, 0.1) is 18.7 Å². The normalized spacial score (nSPS) is 10.1. The highest BCUT2D eigenvalue weighted by atomic mass is 79.9. The van der Waals surface area contributed by atoms with E-state index in [0.717, 1.165) is 10.0 Å². The van der Waals surface area contributed by atoms with Crippen LogP contribution in [0.15, 0.2) is 53.0 Å². The third-order valence-electron chi connectivity index (χ3n) is 2.74. The smallest absolute Gasteiger partial charge is 0.228 e. The molecule has 1 amide bonds. The van der Waals surface area contributed by atoms with Crippen LogP contribution in [0.25, 0.3) is 0 Å². The van der Waals surface area contributed by atoms with Gasteiger partial charge in [-0.2, -0.15) is 0 Å². The molecule has 0 atom stereocenters. The van der Waals surface area contributed by atoms with Crippen LogP contribution in [0, 0.1) is 0 Å². The van der Waals surface area contributed by atoms with Crippen LogP contribution >= 0.6 is 15.9 Å². The molecule has 0 unspecified atom stereocenters. The van der Waals surface area contributed by atoms with Crippen LogP contribution in [0.3, 0.4) is 0 Å². The van der Waals surface area contributed by atoms with E-state index >= 15 is 0 Å². The summed E-state index contributed by atoms with van der Waals surface area (Å²) in [4.78, 5) is 12.0. The second-order valence-corrected chi connectivity index (χ2v) is 5.20. The average molecular weight is 334 g/mol. The fraction of sp³-hybridized carbons (Fsp3) is 0.188. The maximum Gasteiger partial charge on any atom is 0.228 e. The molecule has 0 aliphatic carbocycles. The van der Waals surface area contributed by atoms with E-state index in [2.05, 4.69) is 21.2 Å². The van der Waals surface area contributed by atoms with E-state index in [9.17, 15) is 4.79 Å². The zero-order chi connectivity index (χ0) is 14.4. The Labute approximate surface area is 127 Å². The number of ether oxygens (including phenoxy) is 1. The van der Waals surface area contributed by atoms with Crippen LogP contribution in [0.2, 0.25) is 0 Å². The van der Waals surface area contributed by atoms with Crippen LogP contribution in [0.4, 0.5) is 5.69 Å². The second kappa shape index (κ2) is 7.10. The monoisotopic (exact) mass is 333 g/mol. The Morgan fingerprint density at radius 1 is 1.15 bits per heavy atom. The molecule has 0 aliphatic rings. The van der Waals surface area contributed by atoms with Crippen molar-refractivity contribution in [1.29, 1.82) is 0 Å². The van der Waals surface area contributed by atoms with Gasteiger partial charge in [-0.05, 0) is 36.8 Å². The molecule has 0 spiro atoms. The zero-order valence-corrected chi connectivity index (χ0v) is 12.8. The lowest BCUT2D eigenvalue weighted by atomic mass is 10.1. The molecule has 0 heterocycles. The minimum absolute atomic E-state index is 0.0560. The second-order valence-electron chi connectivity index (χ2n) is 4.28. The van der Waals surface area contributed by atoms with Crippen molar-refractivity contribution in [3.8, 4) is 5.75 Å². The van der Waals surface area contributed by atoms with E-state index in [-0.39, 0.29) is 5.91 Å². The number of carbonyl (C=O) groups is 1. The van der Waals surface area contributed by atoms with Crippen molar-refractivity contribution in [2.24, 2.45) is 0 Å². The molecule has 2 rings (SSSR count). The minimum Gasteiger partial charge on any atom is -0.492 e. The summed E-state index contributed by atoms with van der Waals surface area (Å²) < 4.78 is 6.49. The molecule has 0 aromatic heterocycles. The van der Waals surface area contributed by atoms with E-state index in [0.29, 0.717) is 24.5 Å². The molecule has 1 N–H and O–H groups in total. The summed E-state index contributed by atoms with van der Waals surface area (Å²) in [6.07, 6.45) is 0.341. The SMILES string of the molecule is CCOc1ccccc1NC(=O)Cc1ccc(Br)cc1. The number of benzene rings is 2. The standard InChI is InChI=1S/C16H16BrNO2/c1-2-20-15-6-4-3-5-14(15)18-16(19)11-12-7-9-13(17)10-8-12/h3-10H,2,11H2,1H3,(H,18,19). The lowest BCUT2D eigenvalue weighted by molar-refractivity contribution is -0.115. The molecule has 2 aromatic rings. The van der Waals surface area contributed by atoms with Crippen molar-refractivity contribution in [3.05, 3.63) is 58.6 Å². The number of nitrogens with one attached hydrogen (secondary N) is 1. The highest BCUT2D eigenvalue weighted by Crippen LogP contribution is 2.23. The Morgan fingerprint density at radius 2 is 1.85 bits per heavy atom. The van der Waals surface area contributed by atoms with Gasteiger partial charge < -0.3 is 10.1 Å². The fourth-order valence-corrected chi connectivity index (χ4v) is 2.10. The van der Waals surface area contributed by atoms with E-state index in [1.165, 1.54) is 0 Å². The summed E-state index contributed by atoms with van der Waals surface area (Å²) in [5.74, 6) is 0.638. The first kappa shape index (κ1) is 14.6. The van der Waals surface area contributed by atoms with Crippen LogP contribution in [0.5, 0.6) is 5.75 Å². The van der Waals surface area contributed by atoms with Gasteiger partial charge in [0.15, 0.2) is 0 Å². The van der Waals surface area contributed by atoms with Gasteiger partial charge in [-0.25, -0.2) is 0 Å². The lowest BCUT2D eigenvalue weighted by Gasteiger charge is -2.11. The number of carbonyl (C=O) groups excluding carboxylic acids is 1. The summed E-state index contributed by atoms with van der Waals surface area (Å²) in [6.45, 7) is 2.49. The molecular weight excluding hydrogens is 318 g/mol. The number of halogens is 1. The molecular formula is C16H16BrNO2. The summed E-state index contributed by atoms with van der Waals surface area (Å²) >= 11 is 3.38. The van der Waals surface area contributed by atoms with Gasteiger partial charge in [-0.3, -0.25) is 4.79 Å². The fourth-order valence-electron chi connectivity index (χ4n) is 1.83. The van der Waals surface area contributed by atoms with Crippen LogP contribution < -0.4 is 10.1 Å². The van der Waals surface area contributed by atoms with Gasteiger partial charge in [0.1, 0.15) is 5.75 Å². The van der Waals surface area contributed by atoms with Crippen molar-refractivity contribution >= 4 is 27.5 Å². The first-order valence-electron chi connectivity index (χ1n) is 6.45. The summed E-state index contributed by atoms with van der Waals surface area (Å²) in [5.41, 5.74) is 1.68. The summed E-state index contributed by atoms with van der Waals surface area (Å²) in [6, 6.07) is 15.2. The van der Waals surface area contributed by atoms with Crippen molar-refractivity contribution in [2.75, 3.05) is 11.9 Å². The maximum absolute atomic E-state index is 12.0. The highest BCUT2D eigenvalue weighted by molar-refractivity contribution is 9.10. The van der Waals surface area contributed by atoms with Gasteiger partial charge in [0.25, 0.3) is 0 Å². The molecule has 0 aliphatic heterocycles. The Hall–Kier alpha value is -1.81. The number of hydrogen-bond acceptors (Lipinski definition) is 2. The molecule has 0 bridgehead atoms. The first-order valence-corrected chi connectivity index (χ1v) is 7.24. The number of rotatable bonds is 5. The molecule has 4 heteroatoms. The molecule has 0 saturated carbocycles. The van der Waals surface area contributed by atoms with Crippen LogP contribution in [-0.4, -0.2) is 12.5 Å². The largest absolute Gasteiger partial charge is 0.492 e. The van der Waals surface area contributed by atoms with E-state index in [4.69, 9.17) is 4.74 Å². The molecule has 2 aromatic carbocycles. The number of para-hydroxylation sites is 2. The first-order chi connectivity index (χ1) is 9.69. The topological polar surface area (TPSA) is 38.3 Å². The van der Waals surface area contributed by atoms with Crippen LogP contribution in [0.1, 0.15) is 12.5 Å². The lowest BCUT2D eigenvalue weighted by Crippen LogP contribution is -2.15. The van der Waals surface area contributed by atoms with E-state index < -0.39 is 0 Å². The Balaban J connectivity index is 2.02. The number of hydrogen-bond donors (Lipinski definition) is 1. The molecule has 0 fully saturated rings. The number of anilines is 1. The predicted octanol–water partition coefficient (Wildman–Crippen LogP) is 4.03. The van der Waals surface area contributed by atoms with Gasteiger partial charge in [-0.1, -0.05) is 40.2 Å². The average Bonchev–Trinajstić information content (AvgIpc) is 2.44. The Kier molecular flexibility index (Phi) is 5.18. The molecule has 104 valence electrons. The third-order valence-corrected chi connectivity index (χ3v) is 3.27. The quantitative estimate of drug-likeness (QED) is 0.897. The van der Waals surface area contributed by atoms with Crippen molar-refractivity contribution in [3.63, 3.8) is 0 Å². The predicted molar refractivity (Wildman–Crippen MR) is 84.1 cm³/mol. The minimum atomic E-state index is -0.0560. The summed E-state index contributed by atoms with van der Waals surface area (Å²) in [7, 11) is 0. The Morgan fingerprint density at radius 3 is 2.55 bits per heavy atom. The highest BCUT2D eigenvalue weighted by Gasteiger charge is 2.08. The van der Waals surface area contributed by atoms with E-state index in [1.54, 1.807) is 0 Å². The zero-order valence-electron chi connectivity index (χ0n) is 11.2. The summed E-state index contributed by atoms with van der Waals surface area (Å²) in [5, 5.41) is 2.88. The van der Waals surface area contributed by atoms with Crippen molar-refractivity contribution < 1.29 is 9.53 Å². The molecule has 20 heavy (non-hydrogen) atoms. The molecule has 0 radical (unpaired) electrons. The van der Waals surface area contributed by atoms with Gasteiger partial charge in [0, 0.05) is 4.47 Å². The molecule has 3 nitrogen and oxygen atoms in total. The van der Waals surface area contributed by atoms with Gasteiger partial charge in [-0.15, -0.1) is 0 Å². The third kappa shape index (κ3) is 4.10. The van der Waals surface area contributed by atoms with Crippen molar-refractivity contribution in [1.82, 2.24) is 0 Å². The maximum atomic E-state index is 12.0. The Bertz CT molecular complexity index is 581. The van der Waals surface area contributed by atoms with E-state index in [1.807, 2.05) is 55.5 Å². The van der Waals surface area contributed by atoms with Gasteiger partial charge >= 0.3 is 0 Å².